The zero-order valence-corrected chi connectivity index (χ0v) is 12.4. The van der Waals surface area contributed by atoms with Crippen LogP contribution >= 0.6 is 11.6 Å². The number of nitrogen functional groups attached to an aromatic ring is 1. The summed E-state index contributed by atoms with van der Waals surface area (Å²) in [6, 6.07) is 1.78. The fourth-order valence-corrected chi connectivity index (χ4v) is 3.50. The highest BCUT2D eigenvalue weighted by Gasteiger charge is 2.36. The van der Waals surface area contributed by atoms with Crippen molar-refractivity contribution in [3.8, 4) is 0 Å². The van der Waals surface area contributed by atoms with Gasteiger partial charge in [-0.25, -0.2) is 4.98 Å². The van der Waals surface area contributed by atoms with Crippen LogP contribution in [0.2, 0.25) is 5.02 Å². The van der Waals surface area contributed by atoms with Gasteiger partial charge in [-0.3, -0.25) is 4.79 Å². The van der Waals surface area contributed by atoms with Gasteiger partial charge in [-0.2, -0.15) is 0 Å². The van der Waals surface area contributed by atoms with Crippen molar-refractivity contribution in [1.82, 2.24) is 4.98 Å². The first-order valence-electron chi connectivity index (χ1n) is 7.16. The number of nitrogens with two attached hydrogens (primary N) is 1. The predicted octanol–water partition coefficient (Wildman–Crippen LogP) is 3.70. The van der Waals surface area contributed by atoms with Crippen molar-refractivity contribution in [1.29, 1.82) is 0 Å². The van der Waals surface area contributed by atoms with Gasteiger partial charge in [0, 0.05) is 12.1 Å². The first-order valence-corrected chi connectivity index (χ1v) is 7.54. The number of carbonyl (C=O) groups is 1. The van der Waals surface area contributed by atoms with E-state index >= 15 is 0 Å². The van der Waals surface area contributed by atoms with E-state index in [2.05, 4.69) is 11.9 Å². The molecule has 1 aliphatic rings. The lowest BCUT2D eigenvalue weighted by Crippen LogP contribution is -2.30. The van der Waals surface area contributed by atoms with Crippen molar-refractivity contribution in [3.05, 3.63) is 22.8 Å². The van der Waals surface area contributed by atoms with E-state index in [4.69, 9.17) is 17.3 Å². The molecule has 2 rings (SSSR count). The molecule has 0 radical (unpaired) electrons. The summed E-state index contributed by atoms with van der Waals surface area (Å²) >= 11 is 6.00. The van der Waals surface area contributed by atoms with E-state index in [1.807, 2.05) is 0 Å². The molecule has 3 atom stereocenters. The standard InChI is InChI=1S/C15H21ClN2O2/c1-2-3-9-4-5-11(15(19)20)12(6-9)13-7-10(16)8-18-14(13)17/h7-9,11-12H,2-6H2,1H3,(H2,17,18)(H,19,20). The third kappa shape index (κ3) is 3.23. The maximum absolute atomic E-state index is 11.5. The number of carboxylic acid groups (broad SMARTS) is 1. The molecule has 3 unspecified atom stereocenters. The molecule has 0 spiro atoms. The Hall–Kier alpha value is -1.29. The molecule has 1 fully saturated rings. The number of nitrogens with zero attached hydrogens (tertiary/aromatic N) is 1. The third-order valence-electron chi connectivity index (χ3n) is 4.29. The number of carboxylic acids is 1. The van der Waals surface area contributed by atoms with E-state index in [9.17, 15) is 9.90 Å². The van der Waals surface area contributed by atoms with Gasteiger partial charge in [0.15, 0.2) is 0 Å². The highest BCUT2D eigenvalue weighted by molar-refractivity contribution is 6.30. The van der Waals surface area contributed by atoms with Crippen molar-refractivity contribution >= 4 is 23.4 Å². The normalized spacial score (nSPS) is 26.4. The van der Waals surface area contributed by atoms with E-state index in [1.165, 1.54) is 6.20 Å². The van der Waals surface area contributed by atoms with E-state index in [0.29, 0.717) is 23.2 Å². The van der Waals surface area contributed by atoms with Crippen LogP contribution in [0.4, 0.5) is 5.82 Å². The average molecular weight is 297 g/mol. The summed E-state index contributed by atoms with van der Waals surface area (Å²) in [6.07, 6.45) is 6.31. The van der Waals surface area contributed by atoms with Gasteiger partial charge in [0.2, 0.25) is 0 Å². The summed E-state index contributed by atoms with van der Waals surface area (Å²) in [4.78, 5) is 15.6. The number of pyridine rings is 1. The summed E-state index contributed by atoms with van der Waals surface area (Å²) in [5, 5.41) is 9.96. The maximum atomic E-state index is 11.5. The number of aliphatic carboxylic acids is 1. The van der Waals surface area contributed by atoms with Crippen LogP contribution in [0.1, 0.15) is 50.5 Å². The van der Waals surface area contributed by atoms with Crippen LogP contribution in [0.15, 0.2) is 12.3 Å². The molecule has 0 bridgehead atoms. The minimum atomic E-state index is -0.746. The lowest BCUT2D eigenvalue weighted by Gasteiger charge is -2.34. The second-order valence-corrected chi connectivity index (χ2v) is 6.08. The van der Waals surface area contributed by atoms with Crippen LogP contribution in [0.25, 0.3) is 0 Å². The predicted molar refractivity (Wildman–Crippen MR) is 79.8 cm³/mol. The molecule has 5 heteroatoms. The van der Waals surface area contributed by atoms with Crippen LogP contribution in [-0.4, -0.2) is 16.1 Å². The van der Waals surface area contributed by atoms with Crippen LogP contribution in [-0.2, 0) is 4.79 Å². The second kappa shape index (κ2) is 6.44. The topological polar surface area (TPSA) is 76.2 Å². The van der Waals surface area contributed by atoms with E-state index in [1.54, 1.807) is 6.07 Å². The van der Waals surface area contributed by atoms with E-state index in [0.717, 1.165) is 31.2 Å². The molecule has 20 heavy (non-hydrogen) atoms. The van der Waals surface area contributed by atoms with E-state index < -0.39 is 5.97 Å². The van der Waals surface area contributed by atoms with Gasteiger partial charge >= 0.3 is 5.97 Å². The number of hydrogen-bond donors (Lipinski definition) is 2. The molecule has 0 aliphatic heterocycles. The smallest absolute Gasteiger partial charge is 0.307 e. The Balaban J connectivity index is 2.31. The molecule has 110 valence electrons. The largest absolute Gasteiger partial charge is 0.481 e. The third-order valence-corrected chi connectivity index (χ3v) is 4.50. The number of hydrogen-bond acceptors (Lipinski definition) is 3. The lowest BCUT2D eigenvalue weighted by molar-refractivity contribution is -0.143. The quantitative estimate of drug-likeness (QED) is 0.888. The number of rotatable bonds is 4. The lowest BCUT2D eigenvalue weighted by atomic mass is 9.70. The molecule has 0 saturated heterocycles. The molecular weight excluding hydrogens is 276 g/mol. The Labute approximate surface area is 124 Å². The highest BCUT2D eigenvalue weighted by atomic mass is 35.5. The van der Waals surface area contributed by atoms with Crippen LogP contribution in [0.3, 0.4) is 0 Å². The molecule has 1 aliphatic carbocycles. The average Bonchev–Trinajstić information content (AvgIpc) is 2.41. The molecule has 0 amide bonds. The first-order chi connectivity index (χ1) is 9.52. The Kier molecular flexibility index (Phi) is 4.86. The minimum Gasteiger partial charge on any atom is -0.481 e. The summed E-state index contributed by atoms with van der Waals surface area (Å²) in [5.74, 6) is -0.235. The summed E-state index contributed by atoms with van der Waals surface area (Å²) in [5.41, 5.74) is 6.74. The van der Waals surface area contributed by atoms with Gasteiger partial charge in [0.05, 0.1) is 10.9 Å². The zero-order valence-electron chi connectivity index (χ0n) is 11.7. The van der Waals surface area contributed by atoms with Crippen LogP contribution in [0, 0.1) is 11.8 Å². The number of anilines is 1. The van der Waals surface area contributed by atoms with Crippen molar-refractivity contribution in [2.75, 3.05) is 5.73 Å². The molecular formula is C15H21ClN2O2. The van der Waals surface area contributed by atoms with Gasteiger partial charge < -0.3 is 10.8 Å². The number of aromatic nitrogens is 1. The molecule has 1 aromatic rings. The first kappa shape index (κ1) is 15.1. The van der Waals surface area contributed by atoms with Crippen molar-refractivity contribution < 1.29 is 9.90 Å². The zero-order chi connectivity index (χ0) is 14.7. The fraction of sp³-hybridized carbons (Fsp3) is 0.600. The minimum absolute atomic E-state index is 0.0796. The Morgan fingerprint density at radius 2 is 2.30 bits per heavy atom. The molecule has 1 aromatic heterocycles. The Bertz CT molecular complexity index is 493. The summed E-state index contributed by atoms with van der Waals surface area (Å²) < 4.78 is 0. The number of halogens is 1. The van der Waals surface area contributed by atoms with Crippen molar-refractivity contribution in [2.24, 2.45) is 11.8 Å². The van der Waals surface area contributed by atoms with Gasteiger partial charge in [-0.05, 0) is 36.8 Å². The molecule has 1 heterocycles. The Morgan fingerprint density at radius 3 is 2.95 bits per heavy atom. The van der Waals surface area contributed by atoms with Crippen LogP contribution in [0.5, 0.6) is 0 Å². The van der Waals surface area contributed by atoms with E-state index in [-0.39, 0.29) is 11.8 Å². The highest BCUT2D eigenvalue weighted by Crippen LogP contribution is 2.44. The van der Waals surface area contributed by atoms with Gasteiger partial charge in [-0.1, -0.05) is 31.4 Å². The molecule has 1 saturated carbocycles. The molecule has 4 nitrogen and oxygen atoms in total. The maximum Gasteiger partial charge on any atom is 0.307 e. The van der Waals surface area contributed by atoms with Crippen molar-refractivity contribution in [3.63, 3.8) is 0 Å². The second-order valence-electron chi connectivity index (χ2n) is 5.65. The monoisotopic (exact) mass is 296 g/mol. The van der Waals surface area contributed by atoms with Crippen molar-refractivity contribution in [2.45, 2.75) is 44.9 Å². The van der Waals surface area contributed by atoms with Crippen LogP contribution < -0.4 is 5.73 Å². The SMILES string of the molecule is CCCC1CCC(C(=O)O)C(c2cc(Cl)cnc2N)C1. The van der Waals surface area contributed by atoms with Gasteiger partial charge in [0.25, 0.3) is 0 Å². The Morgan fingerprint density at radius 1 is 1.55 bits per heavy atom. The van der Waals surface area contributed by atoms with Gasteiger partial charge in [0.1, 0.15) is 5.82 Å². The summed E-state index contributed by atoms with van der Waals surface area (Å²) in [6.45, 7) is 2.16. The van der Waals surface area contributed by atoms with Gasteiger partial charge in [-0.15, -0.1) is 0 Å². The summed E-state index contributed by atoms with van der Waals surface area (Å²) in [7, 11) is 0. The molecule has 3 N–H and O–H groups in total. The molecule has 0 aromatic carbocycles. The fourth-order valence-electron chi connectivity index (χ4n) is 3.33.